The van der Waals surface area contributed by atoms with Crippen molar-refractivity contribution < 1.29 is 13.2 Å². The Kier molecular flexibility index (Phi) is 8.09. The van der Waals surface area contributed by atoms with Gasteiger partial charge in [0.05, 0.1) is 10.6 Å². The van der Waals surface area contributed by atoms with Crippen LogP contribution in [0.2, 0.25) is 0 Å². The van der Waals surface area contributed by atoms with Crippen LogP contribution >= 0.6 is 12.4 Å². The second-order valence-electron chi connectivity index (χ2n) is 5.66. The van der Waals surface area contributed by atoms with E-state index in [2.05, 4.69) is 5.32 Å². The largest absolute Gasteiger partial charge is 0.354 e. The molecule has 0 spiro atoms. The number of benzene rings is 2. The summed E-state index contributed by atoms with van der Waals surface area (Å²) in [6.45, 7) is 2.23. The van der Waals surface area contributed by atoms with E-state index in [1.54, 1.807) is 30.3 Å². The Hall–Kier alpha value is -1.89. The second kappa shape index (κ2) is 9.56. The third kappa shape index (κ3) is 6.16. The molecule has 5 nitrogen and oxygen atoms in total. The van der Waals surface area contributed by atoms with Crippen LogP contribution in [0.4, 0.5) is 0 Å². The summed E-state index contributed by atoms with van der Waals surface area (Å²) in [5.41, 5.74) is 7.74. The molecule has 136 valence electrons. The van der Waals surface area contributed by atoms with E-state index in [1.165, 1.54) is 0 Å². The van der Waals surface area contributed by atoms with Crippen molar-refractivity contribution >= 4 is 28.2 Å². The van der Waals surface area contributed by atoms with E-state index in [-0.39, 0.29) is 30.6 Å². The fourth-order valence-electron chi connectivity index (χ4n) is 2.25. The summed E-state index contributed by atoms with van der Waals surface area (Å²) in [4.78, 5) is 12.3. The lowest BCUT2D eigenvalue weighted by Gasteiger charge is -2.13. The van der Waals surface area contributed by atoms with Gasteiger partial charge in [0, 0.05) is 6.54 Å². The van der Waals surface area contributed by atoms with Gasteiger partial charge < -0.3 is 11.1 Å². The molecule has 0 fully saturated rings. The number of rotatable bonds is 7. The highest BCUT2D eigenvalue weighted by molar-refractivity contribution is 7.91. The summed E-state index contributed by atoms with van der Waals surface area (Å²) in [5.74, 6) is -0.326. The smallest absolute Gasteiger partial charge is 0.241 e. The van der Waals surface area contributed by atoms with Crippen LogP contribution in [-0.2, 0) is 14.6 Å². The normalized spacial score (nSPS) is 12.1. The highest BCUT2D eigenvalue weighted by Gasteiger charge is 2.16. The van der Waals surface area contributed by atoms with E-state index in [0.717, 1.165) is 11.1 Å². The van der Waals surface area contributed by atoms with Crippen molar-refractivity contribution in [3.05, 3.63) is 65.7 Å². The number of aryl methyl sites for hydroxylation is 1. The second-order valence-corrected chi connectivity index (χ2v) is 7.77. The molecule has 1 atom stereocenters. The van der Waals surface area contributed by atoms with Crippen molar-refractivity contribution in [2.75, 3.05) is 12.3 Å². The zero-order chi connectivity index (χ0) is 17.6. The summed E-state index contributed by atoms with van der Waals surface area (Å²) >= 11 is 0. The summed E-state index contributed by atoms with van der Waals surface area (Å²) in [7, 11) is -3.32. The zero-order valence-corrected chi connectivity index (χ0v) is 15.6. The van der Waals surface area contributed by atoms with Crippen LogP contribution in [0.5, 0.6) is 0 Å². The number of carbonyl (C=O) groups is 1. The summed E-state index contributed by atoms with van der Waals surface area (Å²) in [6, 6.07) is 15.0. The number of hydrogen-bond donors (Lipinski definition) is 2. The number of hydrogen-bond acceptors (Lipinski definition) is 4. The molecule has 0 radical (unpaired) electrons. The quantitative estimate of drug-likeness (QED) is 0.719. The van der Waals surface area contributed by atoms with Gasteiger partial charge in [-0.1, -0.05) is 48.0 Å². The molecule has 0 aromatic heterocycles. The first-order chi connectivity index (χ1) is 11.4. The van der Waals surface area contributed by atoms with E-state index in [1.807, 2.05) is 31.2 Å². The average Bonchev–Trinajstić information content (AvgIpc) is 2.59. The third-order valence-electron chi connectivity index (χ3n) is 3.71. The number of carbonyl (C=O) groups excluding carboxylic acids is 1. The summed E-state index contributed by atoms with van der Waals surface area (Å²) in [5, 5.41) is 2.69. The van der Waals surface area contributed by atoms with Gasteiger partial charge >= 0.3 is 0 Å². The first-order valence-corrected chi connectivity index (χ1v) is 9.43. The summed E-state index contributed by atoms with van der Waals surface area (Å²) in [6.07, 6.45) is 0.337. The fourth-order valence-corrected chi connectivity index (χ4v) is 3.59. The van der Waals surface area contributed by atoms with Gasteiger partial charge in [-0.05, 0) is 31.0 Å². The molecule has 2 aromatic carbocycles. The van der Waals surface area contributed by atoms with Gasteiger partial charge in [-0.3, -0.25) is 4.79 Å². The SMILES string of the molecule is Cc1ccc(C(N)C(=O)NCCCS(=O)(=O)c2ccccc2)cc1.Cl. The molecule has 2 aromatic rings. The molecule has 0 bridgehead atoms. The minimum absolute atomic E-state index is 0. The van der Waals surface area contributed by atoms with Crippen molar-refractivity contribution in [3.8, 4) is 0 Å². The Morgan fingerprint density at radius 3 is 2.28 bits per heavy atom. The van der Waals surface area contributed by atoms with E-state index in [4.69, 9.17) is 5.73 Å². The fraction of sp³-hybridized carbons (Fsp3) is 0.278. The minimum atomic E-state index is -3.32. The van der Waals surface area contributed by atoms with Crippen molar-refractivity contribution in [3.63, 3.8) is 0 Å². The van der Waals surface area contributed by atoms with Gasteiger partial charge in [-0.15, -0.1) is 12.4 Å². The Labute approximate surface area is 155 Å². The van der Waals surface area contributed by atoms with Crippen LogP contribution in [0.25, 0.3) is 0 Å². The van der Waals surface area contributed by atoms with E-state index >= 15 is 0 Å². The first-order valence-electron chi connectivity index (χ1n) is 7.78. The van der Waals surface area contributed by atoms with Crippen LogP contribution < -0.4 is 11.1 Å². The van der Waals surface area contributed by atoms with Gasteiger partial charge in [0.15, 0.2) is 9.84 Å². The molecule has 1 unspecified atom stereocenters. The molecule has 0 aliphatic carbocycles. The number of halogens is 1. The minimum Gasteiger partial charge on any atom is -0.354 e. The van der Waals surface area contributed by atoms with Gasteiger partial charge in [0.1, 0.15) is 6.04 Å². The van der Waals surface area contributed by atoms with Crippen molar-refractivity contribution in [1.82, 2.24) is 5.32 Å². The average molecular weight is 383 g/mol. The predicted octanol–water partition coefficient (Wildman–Crippen LogP) is 2.40. The number of nitrogens with one attached hydrogen (secondary N) is 1. The molecule has 2 rings (SSSR count). The van der Waals surface area contributed by atoms with Crippen LogP contribution in [0.15, 0.2) is 59.5 Å². The molecule has 0 aliphatic heterocycles. The van der Waals surface area contributed by atoms with Crippen LogP contribution in [0.3, 0.4) is 0 Å². The van der Waals surface area contributed by atoms with Gasteiger partial charge in [-0.2, -0.15) is 0 Å². The molecule has 0 saturated heterocycles. The van der Waals surface area contributed by atoms with Crippen LogP contribution in [0.1, 0.15) is 23.6 Å². The Bertz CT molecular complexity index is 778. The van der Waals surface area contributed by atoms with Crippen LogP contribution in [-0.4, -0.2) is 26.6 Å². The van der Waals surface area contributed by atoms with Crippen molar-refractivity contribution in [1.29, 1.82) is 0 Å². The Balaban J connectivity index is 0.00000312. The van der Waals surface area contributed by atoms with E-state index in [0.29, 0.717) is 11.3 Å². The summed E-state index contributed by atoms with van der Waals surface area (Å²) < 4.78 is 24.3. The topological polar surface area (TPSA) is 89.3 Å². The Morgan fingerprint density at radius 2 is 1.68 bits per heavy atom. The molecule has 0 aliphatic rings. The van der Waals surface area contributed by atoms with Crippen molar-refractivity contribution in [2.45, 2.75) is 24.3 Å². The van der Waals surface area contributed by atoms with Crippen molar-refractivity contribution in [2.24, 2.45) is 5.73 Å². The van der Waals surface area contributed by atoms with Gasteiger partial charge in [-0.25, -0.2) is 8.42 Å². The molecule has 0 saturated carbocycles. The van der Waals surface area contributed by atoms with Gasteiger partial charge in [0.25, 0.3) is 0 Å². The maximum atomic E-state index is 12.1. The highest BCUT2D eigenvalue weighted by atomic mass is 35.5. The molecule has 3 N–H and O–H groups in total. The zero-order valence-electron chi connectivity index (χ0n) is 14.0. The molecule has 7 heteroatoms. The highest BCUT2D eigenvalue weighted by Crippen LogP contribution is 2.12. The van der Waals surface area contributed by atoms with Gasteiger partial charge in [0.2, 0.25) is 5.91 Å². The number of nitrogens with two attached hydrogens (primary N) is 1. The number of amides is 1. The molecule has 0 heterocycles. The Morgan fingerprint density at radius 1 is 1.08 bits per heavy atom. The molecular formula is C18H23ClN2O3S. The van der Waals surface area contributed by atoms with E-state index < -0.39 is 15.9 Å². The predicted molar refractivity (Wildman–Crippen MR) is 101 cm³/mol. The lowest BCUT2D eigenvalue weighted by atomic mass is 10.1. The monoisotopic (exact) mass is 382 g/mol. The standard InChI is InChI=1S/C18H22N2O3S.ClH/c1-14-8-10-15(11-9-14)17(19)18(21)20-12-5-13-24(22,23)16-6-3-2-4-7-16;/h2-4,6-11,17H,5,12-13,19H2,1H3,(H,20,21);1H. The third-order valence-corrected chi connectivity index (χ3v) is 5.53. The molecule has 1 amide bonds. The maximum absolute atomic E-state index is 12.1. The lowest BCUT2D eigenvalue weighted by molar-refractivity contribution is -0.122. The molecular weight excluding hydrogens is 360 g/mol. The lowest BCUT2D eigenvalue weighted by Crippen LogP contribution is -2.35. The first kappa shape index (κ1) is 21.2. The maximum Gasteiger partial charge on any atom is 0.241 e. The van der Waals surface area contributed by atoms with Crippen LogP contribution in [0, 0.1) is 6.92 Å². The van der Waals surface area contributed by atoms with E-state index in [9.17, 15) is 13.2 Å². The molecule has 25 heavy (non-hydrogen) atoms. The number of sulfone groups is 1.